The lowest BCUT2D eigenvalue weighted by molar-refractivity contribution is 0.0389. The van der Waals surface area contributed by atoms with Gasteiger partial charge in [-0.3, -0.25) is 14.6 Å². The van der Waals surface area contributed by atoms with Gasteiger partial charge in [0.2, 0.25) is 0 Å². The Morgan fingerprint density at radius 3 is 2.78 bits per heavy atom. The lowest BCUT2D eigenvalue weighted by Crippen LogP contribution is -2.45. The molecule has 1 aliphatic heterocycles. The van der Waals surface area contributed by atoms with E-state index in [0.717, 1.165) is 58.4 Å². The molecule has 2 rings (SSSR count). The molecule has 0 aromatic carbocycles. The average Bonchev–Trinajstić information content (AvgIpc) is 3.04. The normalized spacial score (nSPS) is 17.4. The van der Waals surface area contributed by atoms with Crippen LogP contribution >= 0.6 is 24.0 Å². The number of aliphatic imine (C=N–C) groups is 1. The minimum atomic E-state index is 0. The first-order valence-electron chi connectivity index (χ1n) is 8.00. The van der Waals surface area contributed by atoms with Crippen LogP contribution in [0.25, 0.3) is 0 Å². The quantitative estimate of drug-likeness (QED) is 0.373. The highest BCUT2D eigenvalue weighted by Gasteiger charge is 2.10. The van der Waals surface area contributed by atoms with Gasteiger partial charge >= 0.3 is 0 Å². The molecule has 2 N–H and O–H groups in total. The van der Waals surface area contributed by atoms with Crippen LogP contribution in [-0.4, -0.2) is 73.6 Å². The fourth-order valence-corrected chi connectivity index (χ4v) is 2.44. The molecule has 0 aliphatic carbocycles. The van der Waals surface area contributed by atoms with Gasteiger partial charge in [0.25, 0.3) is 0 Å². The van der Waals surface area contributed by atoms with Gasteiger partial charge in [-0.25, -0.2) is 0 Å². The highest BCUT2D eigenvalue weighted by Crippen LogP contribution is 1.98. The van der Waals surface area contributed by atoms with Crippen LogP contribution in [0.1, 0.15) is 6.92 Å². The summed E-state index contributed by atoms with van der Waals surface area (Å²) in [4.78, 5) is 6.68. The van der Waals surface area contributed by atoms with E-state index in [0.29, 0.717) is 5.92 Å². The zero-order valence-corrected chi connectivity index (χ0v) is 16.4. The van der Waals surface area contributed by atoms with Crippen LogP contribution in [0.2, 0.25) is 0 Å². The number of guanidine groups is 1. The Balaban J connectivity index is 0.00000264. The third-order valence-corrected chi connectivity index (χ3v) is 3.72. The van der Waals surface area contributed by atoms with Crippen molar-refractivity contribution >= 4 is 29.9 Å². The van der Waals surface area contributed by atoms with E-state index in [1.807, 2.05) is 30.2 Å². The van der Waals surface area contributed by atoms with Crippen molar-refractivity contribution < 1.29 is 4.74 Å². The standard InChI is InChI=1S/C15H28N6O.HI/c1-14(13-21-6-3-4-19-21)12-18-15(16-2)17-5-7-20-8-10-22-11-9-20;/h3-4,6,14H,5,7-13H2,1-2H3,(H2,16,17,18);1H. The van der Waals surface area contributed by atoms with Gasteiger partial charge < -0.3 is 15.4 Å². The molecule has 1 unspecified atom stereocenters. The van der Waals surface area contributed by atoms with Gasteiger partial charge in [0.15, 0.2) is 5.96 Å². The van der Waals surface area contributed by atoms with Crippen molar-refractivity contribution in [1.82, 2.24) is 25.3 Å². The summed E-state index contributed by atoms with van der Waals surface area (Å²) < 4.78 is 7.31. The molecule has 23 heavy (non-hydrogen) atoms. The molecule has 0 amide bonds. The second-order valence-electron chi connectivity index (χ2n) is 5.67. The molecule has 0 bridgehead atoms. The highest BCUT2D eigenvalue weighted by atomic mass is 127. The molecule has 1 aliphatic rings. The van der Waals surface area contributed by atoms with Crippen molar-refractivity contribution in [2.75, 3.05) is 53.0 Å². The summed E-state index contributed by atoms with van der Waals surface area (Å²) in [5, 5.41) is 11.0. The van der Waals surface area contributed by atoms with Gasteiger partial charge in [0.1, 0.15) is 0 Å². The van der Waals surface area contributed by atoms with E-state index < -0.39 is 0 Å². The minimum absolute atomic E-state index is 0. The molecule has 1 saturated heterocycles. The van der Waals surface area contributed by atoms with Crippen LogP contribution in [0.15, 0.2) is 23.5 Å². The second-order valence-corrected chi connectivity index (χ2v) is 5.67. The molecule has 1 aromatic rings. The topological polar surface area (TPSA) is 66.7 Å². The zero-order chi connectivity index (χ0) is 15.6. The van der Waals surface area contributed by atoms with Crippen molar-refractivity contribution in [2.45, 2.75) is 13.5 Å². The number of rotatable bonds is 7. The van der Waals surface area contributed by atoms with E-state index in [1.165, 1.54) is 0 Å². The molecule has 7 nitrogen and oxygen atoms in total. The summed E-state index contributed by atoms with van der Waals surface area (Å²) in [6.07, 6.45) is 3.80. The Morgan fingerprint density at radius 1 is 1.35 bits per heavy atom. The maximum Gasteiger partial charge on any atom is 0.191 e. The predicted molar refractivity (Wildman–Crippen MR) is 103 cm³/mol. The monoisotopic (exact) mass is 436 g/mol. The number of ether oxygens (including phenoxy) is 1. The van der Waals surface area contributed by atoms with Crippen LogP contribution in [-0.2, 0) is 11.3 Å². The lowest BCUT2D eigenvalue weighted by Gasteiger charge is -2.26. The van der Waals surface area contributed by atoms with Crippen molar-refractivity contribution in [2.24, 2.45) is 10.9 Å². The van der Waals surface area contributed by atoms with Crippen molar-refractivity contribution in [3.63, 3.8) is 0 Å². The van der Waals surface area contributed by atoms with E-state index >= 15 is 0 Å². The SMILES string of the molecule is CN=C(NCCN1CCOCC1)NCC(C)Cn1cccn1.I. The van der Waals surface area contributed by atoms with Gasteiger partial charge in [-0.2, -0.15) is 5.10 Å². The van der Waals surface area contributed by atoms with Crippen molar-refractivity contribution in [3.8, 4) is 0 Å². The summed E-state index contributed by atoms with van der Waals surface area (Å²) in [6, 6.07) is 1.95. The van der Waals surface area contributed by atoms with Crippen LogP contribution in [0.4, 0.5) is 0 Å². The summed E-state index contributed by atoms with van der Waals surface area (Å²) in [5.41, 5.74) is 0. The summed E-state index contributed by atoms with van der Waals surface area (Å²) >= 11 is 0. The van der Waals surface area contributed by atoms with E-state index in [2.05, 4.69) is 32.5 Å². The van der Waals surface area contributed by atoms with Crippen LogP contribution < -0.4 is 10.6 Å². The summed E-state index contributed by atoms with van der Waals surface area (Å²) in [6.45, 7) is 9.64. The molecule has 0 radical (unpaired) electrons. The van der Waals surface area contributed by atoms with E-state index in [-0.39, 0.29) is 24.0 Å². The number of morpholine rings is 1. The number of hydrogen-bond donors (Lipinski definition) is 2. The minimum Gasteiger partial charge on any atom is -0.379 e. The molecule has 8 heteroatoms. The third-order valence-electron chi connectivity index (χ3n) is 3.72. The molecular weight excluding hydrogens is 407 g/mol. The largest absolute Gasteiger partial charge is 0.379 e. The van der Waals surface area contributed by atoms with Crippen molar-refractivity contribution in [3.05, 3.63) is 18.5 Å². The number of hydrogen-bond acceptors (Lipinski definition) is 4. The number of halogens is 1. The smallest absolute Gasteiger partial charge is 0.191 e. The summed E-state index contributed by atoms with van der Waals surface area (Å²) in [7, 11) is 1.81. The Kier molecular flexibility index (Phi) is 10.2. The van der Waals surface area contributed by atoms with E-state index in [4.69, 9.17) is 4.74 Å². The van der Waals surface area contributed by atoms with Crippen LogP contribution in [0.3, 0.4) is 0 Å². The molecule has 1 aromatic heterocycles. The van der Waals surface area contributed by atoms with Gasteiger partial charge in [-0.05, 0) is 12.0 Å². The molecule has 0 spiro atoms. The number of nitrogens with one attached hydrogen (secondary N) is 2. The molecule has 1 fully saturated rings. The fraction of sp³-hybridized carbons (Fsp3) is 0.733. The Bertz CT molecular complexity index is 433. The lowest BCUT2D eigenvalue weighted by atomic mass is 10.2. The first-order valence-corrected chi connectivity index (χ1v) is 8.00. The van der Waals surface area contributed by atoms with Gasteiger partial charge in [0.05, 0.1) is 13.2 Å². The molecule has 0 saturated carbocycles. The Labute approximate surface area is 155 Å². The van der Waals surface area contributed by atoms with Crippen LogP contribution in [0, 0.1) is 5.92 Å². The van der Waals surface area contributed by atoms with Gasteiger partial charge in [0, 0.05) is 58.7 Å². The predicted octanol–water partition coefficient (Wildman–Crippen LogP) is 0.634. The van der Waals surface area contributed by atoms with Gasteiger partial charge in [-0.1, -0.05) is 6.92 Å². The zero-order valence-electron chi connectivity index (χ0n) is 14.1. The third kappa shape index (κ3) is 7.98. The Morgan fingerprint density at radius 2 is 2.13 bits per heavy atom. The number of aromatic nitrogens is 2. The molecule has 1 atom stereocenters. The molecular formula is C15H29IN6O. The van der Waals surface area contributed by atoms with Gasteiger partial charge in [-0.15, -0.1) is 24.0 Å². The number of nitrogens with zero attached hydrogens (tertiary/aromatic N) is 4. The summed E-state index contributed by atoms with van der Waals surface area (Å²) in [5.74, 6) is 1.35. The first kappa shape index (κ1) is 20.2. The maximum absolute atomic E-state index is 5.35. The highest BCUT2D eigenvalue weighted by molar-refractivity contribution is 14.0. The first-order chi connectivity index (χ1) is 10.8. The maximum atomic E-state index is 5.35. The fourth-order valence-electron chi connectivity index (χ4n) is 2.44. The van der Waals surface area contributed by atoms with E-state index in [1.54, 1.807) is 0 Å². The van der Waals surface area contributed by atoms with E-state index in [9.17, 15) is 0 Å². The Hall–Kier alpha value is -0.870. The molecule has 132 valence electrons. The average molecular weight is 436 g/mol. The second kappa shape index (κ2) is 11.6. The van der Waals surface area contributed by atoms with Crippen molar-refractivity contribution in [1.29, 1.82) is 0 Å². The van der Waals surface area contributed by atoms with Crippen LogP contribution in [0.5, 0.6) is 0 Å². The molecule has 2 heterocycles.